The molecule has 0 saturated carbocycles. The van der Waals surface area contributed by atoms with Crippen LogP contribution in [0.25, 0.3) is 0 Å². The smallest absolute Gasteiger partial charge is 0.252 e. The van der Waals surface area contributed by atoms with E-state index in [9.17, 15) is 22.4 Å². The average Bonchev–Trinajstić information content (AvgIpc) is 3.00. The highest BCUT2D eigenvalue weighted by molar-refractivity contribution is 7.89. The molecule has 1 fully saturated rings. The number of hydrogen-bond acceptors (Lipinski definition) is 5. The molecule has 0 aromatic heterocycles. The number of imide groups is 1. The number of nitrogens with zero attached hydrogens (tertiary/aromatic N) is 2. The molecule has 9 heteroatoms. The zero-order valence-electron chi connectivity index (χ0n) is 15.6. The van der Waals surface area contributed by atoms with Crippen molar-refractivity contribution >= 4 is 27.5 Å². The molecule has 0 radical (unpaired) electrons. The van der Waals surface area contributed by atoms with E-state index in [-0.39, 0.29) is 17.9 Å². The molecule has 0 aliphatic carbocycles. The van der Waals surface area contributed by atoms with Gasteiger partial charge >= 0.3 is 0 Å². The standard InChI is InChI=1S/C20H19FN2O5S/c1-3-12-22(29(26,27)17-10-4-14(21)5-11-17)18-13-19(24)23(20(18)25)15-6-8-16(28-2)9-7-15/h3-11,18H,1,12-13H2,2H3. The van der Waals surface area contributed by atoms with Crippen molar-refractivity contribution in [2.45, 2.75) is 17.4 Å². The van der Waals surface area contributed by atoms with Crippen LogP contribution in [0.5, 0.6) is 5.75 Å². The van der Waals surface area contributed by atoms with E-state index in [4.69, 9.17) is 4.74 Å². The van der Waals surface area contributed by atoms with Crippen molar-refractivity contribution in [2.75, 3.05) is 18.6 Å². The summed E-state index contributed by atoms with van der Waals surface area (Å²) in [5.41, 5.74) is 0.320. The Morgan fingerprint density at radius 1 is 1.17 bits per heavy atom. The van der Waals surface area contributed by atoms with E-state index < -0.39 is 33.7 Å². The van der Waals surface area contributed by atoms with Gasteiger partial charge in [-0.25, -0.2) is 17.7 Å². The Balaban J connectivity index is 1.95. The van der Waals surface area contributed by atoms with Crippen molar-refractivity contribution in [1.29, 1.82) is 0 Å². The predicted molar refractivity (Wildman–Crippen MR) is 104 cm³/mol. The first-order valence-electron chi connectivity index (χ1n) is 8.68. The number of sulfonamides is 1. The van der Waals surface area contributed by atoms with Crippen LogP contribution < -0.4 is 9.64 Å². The van der Waals surface area contributed by atoms with E-state index in [0.29, 0.717) is 11.4 Å². The van der Waals surface area contributed by atoms with E-state index in [1.54, 1.807) is 24.3 Å². The number of anilines is 1. The van der Waals surface area contributed by atoms with E-state index >= 15 is 0 Å². The molecule has 152 valence electrons. The minimum absolute atomic E-state index is 0.177. The first-order valence-corrected chi connectivity index (χ1v) is 10.1. The summed E-state index contributed by atoms with van der Waals surface area (Å²) >= 11 is 0. The maximum Gasteiger partial charge on any atom is 0.252 e. The normalized spacial score (nSPS) is 17.1. The van der Waals surface area contributed by atoms with Gasteiger partial charge in [-0.05, 0) is 48.5 Å². The van der Waals surface area contributed by atoms with E-state index in [0.717, 1.165) is 33.5 Å². The number of carbonyl (C=O) groups excluding carboxylic acids is 2. The highest BCUT2D eigenvalue weighted by atomic mass is 32.2. The third-order valence-corrected chi connectivity index (χ3v) is 6.42. The van der Waals surface area contributed by atoms with Gasteiger partial charge in [-0.3, -0.25) is 9.59 Å². The molecule has 29 heavy (non-hydrogen) atoms. The van der Waals surface area contributed by atoms with Gasteiger partial charge in [-0.2, -0.15) is 4.31 Å². The first kappa shape index (κ1) is 20.7. The molecular formula is C20H19FN2O5S. The number of benzene rings is 2. The molecule has 1 aliphatic heterocycles. The Hall–Kier alpha value is -3.04. The van der Waals surface area contributed by atoms with Gasteiger partial charge in [0.2, 0.25) is 15.9 Å². The van der Waals surface area contributed by atoms with Gasteiger partial charge in [0.1, 0.15) is 17.6 Å². The molecule has 1 heterocycles. The van der Waals surface area contributed by atoms with Crippen LogP contribution >= 0.6 is 0 Å². The summed E-state index contributed by atoms with van der Waals surface area (Å²) in [6, 6.07) is 9.32. The molecule has 7 nitrogen and oxygen atoms in total. The Kier molecular flexibility index (Phi) is 5.81. The van der Waals surface area contributed by atoms with Crippen LogP contribution in [0, 0.1) is 5.82 Å². The number of methoxy groups -OCH3 is 1. The molecule has 2 aromatic carbocycles. The summed E-state index contributed by atoms with van der Waals surface area (Å²) in [4.78, 5) is 26.3. The van der Waals surface area contributed by atoms with Gasteiger partial charge in [0, 0.05) is 6.54 Å². The second-order valence-electron chi connectivity index (χ2n) is 6.30. The molecule has 0 spiro atoms. The number of rotatable bonds is 7. The summed E-state index contributed by atoms with van der Waals surface area (Å²) in [5.74, 6) is -1.21. The summed E-state index contributed by atoms with van der Waals surface area (Å²) in [5, 5.41) is 0. The minimum atomic E-state index is -4.16. The maximum atomic E-state index is 13.2. The fraction of sp³-hybridized carbons (Fsp3) is 0.200. The quantitative estimate of drug-likeness (QED) is 0.509. The summed E-state index contributed by atoms with van der Waals surface area (Å²) in [6.45, 7) is 3.36. The Morgan fingerprint density at radius 3 is 2.34 bits per heavy atom. The van der Waals surface area contributed by atoms with Crippen molar-refractivity contribution in [3.63, 3.8) is 0 Å². The van der Waals surface area contributed by atoms with E-state index in [1.165, 1.54) is 13.2 Å². The van der Waals surface area contributed by atoms with Crippen molar-refractivity contribution in [3.8, 4) is 5.75 Å². The van der Waals surface area contributed by atoms with Crippen molar-refractivity contribution in [3.05, 3.63) is 67.0 Å². The fourth-order valence-electron chi connectivity index (χ4n) is 3.11. The highest BCUT2D eigenvalue weighted by Gasteiger charge is 2.46. The molecule has 1 unspecified atom stereocenters. The Morgan fingerprint density at radius 2 is 1.79 bits per heavy atom. The number of ether oxygens (including phenoxy) is 1. The molecule has 1 aliphatic rings. The fourth-order valence-corrected chi connectivity index (χ4v) is 4.66. The third-order valence-electron chi connectivity index (χ3n) is 4.53. The van der Waals surface area contributed by atoms with Crippen LogP contribution in [0.4, 0.5) is 10.1 Å². The van der Waals surface area contributed by atoms with Gasteiger partial charge in [0.25, 0.3) is 5.91 Å². The number of carbonyl (C=O) groups is 2. The van der Waals surface area contributed by atoms with Gasteiger partial charge in [-0.15, -0.1) is 6.58 Å². The molecule has 3 rings (SSSR count). The van der Waals surface area contributed by atoms with Gasteiger partial charge in [0.15, 0.2) is 0 Å². The largest absolute Gasteiger partial charge is 0.497 e. The molecule has 1 saturated heterocycles. The first-order chi connectivity index (χ1) is 13.8. The highest BCUT2D eigenvalue weighted by Crippen LogP contribution is 2.30. The second kappa shape index (κ2) is 8.14. The van der Waals surface area contributed by atoms with E-state index in [2.05, 4.69) is 6.58 Å². The molecule has 0 bridgehead atoms. The second-order valence-corrected chi connectivity index (χ2v) is 8.19. The van der Waals surface area contributed by atoms with Crippen LogP contribution in [-0.2, 0) is 19.6 Å². The van der Waals surface area contributed by atoms with E-state index in [1.807, 2.05) is 0 Å². The van der Waals surface area contributed by atoms with Crippen LogP contribution in [-0.4, -0.2) is 44.2 Å². The molecule has 1 atom stereocenters. The Bertz CT molecular complexity index is 1040. The third kappa shape index (κ3) is 3.92. The van der Waals surface area contributed by atoms with Crippen molar-refractivity contribution < 1.29 is 27.1 Å². The van der Waals surface area contributed by atoms with Crippen LogP contribution in [0.1, 0.15) is 6.42 Å². The predicted octanol–water partition coefficient (Wildman–Crippen LogP) is 2.34. The number of hydrogen-bond donors (Lipinski definition) is 0. The number of amides is 2. The van der Waals surface area contributed by atoms with Crippen LogP contribution in [0.2, 0.25) is 0 Å². The molecular weight excluding hydrogens is 399 g/mol. The summed E-state index contributed by atoms with van der Waals surface area (Å²) < 4.78 is 45.3. The lowest BCUT2D eigenvalue weighted by molar-refractivity contribution is -0.122. The lowest BCUT2D eigenvalue weighted by atomic mass is 10.2. The average molecular weight is 418 g/mol. The lowest BCUT2D eigenvalue weighted by Crippen LogP contribution is -2.45. The monoisotopic (exact) mass is 418 g/mol. The van der Waals surface area contributed by atoms with Gasteiger partial charge in [0.05, 0.1) is 24.1 Å². The summed E-state index contributed by atoms with van der Waals surface area (Å²) in [7, 11) is -2.67. The molecule has 2 amide bonds. The molecule has 2 aromatic rings. The lowest BCUT2D eigenvalue weighted by Gasteiger charge is -2.25. The molecule has 0 N–H and O–H groups in total. The maximum absolute atomic E-state index is 13.2. The topological polar surface area (TPSA) is 84.0 Å². The Labute approximate surface area is 168 Å². The van der Waals surface area contributed by atoms with Crippen molar-refractivity contribution in [1.82, 2.24) is 4.31 Å². The zero-order chi connectivity index (χ0) is 21.2. The number of halogens is 1. The minimum Gasteiger partial charge on any atom is -0.497 e. The van der Waals surface area contributed by atoms with Gasteiger partial charge < -0.3 is 4.74 Å². The van der Waals surface area contributed by atoms with Gasteiger partial charge in [-0.1, -0.05) is 6.08 Å². The zero-order valence-corrected chi connectivity index (χ0v) is 16.4. The van der Waals surface area contributed by atoms with Crippen LogP contribution in [0.15, 0.2) is 66.1 Å². The van der Waals surface area contributed by atoms with Crippen LogP contribution in [0.3, 0.4) is 0 Å². The van der Waals surface area contributed by atoms with Crippen molar-refractivity contribution in [2.24, 2.45) is 0 Å². The summed E-state index contributed by atoms with van der Waals surface area (Å²) in [6.07, 6.45) is 1.02. The SMILES string of the molecule is C=CCN(C1CC(=O)N(c2ccc(OC)cc2)C1=O)S(=O)(=O)c1ccc(F)cc1.